The van der Waals surface area contributed by atoms with E-state index in [0.29, 0.717) is 30.6 Å². The molecule has 0 fully saturated rings. The number of aromatic amines is 1. The van der Waals surface area contributed by atoms with E-state index in [1.165, 1.54) is 18.9 Å². The summed E-state index contributed by atoms with van der Waals surface area (Å²) >= 11 is 0. The minimum absolute atomic E-state index is 0.00928. The zero-order valence-electron chi connectivity index (χ0n) is 14.7. The SMILES string of the molecule is COC(=O)C1=C(C(=O)OC)c2c([nH]n(-c3ccccc3)c2=O)CCCC1. The van der Waals surface area contributed by atoms with Gasteiger partial charge in [-0.05, 0) is 37.8 Å². The number of aryl methyl sites for hydroxylation is 1. The fourth-order valence-corrected chi connectivity index (χ4v) is 3.21. The van der Waals surface area contributed by atoms with Crippen LogP contribution in [-0.2, 0) is 25.5 Å². The minimum atomic E-state index is -0.718. The number of carbonyl (C=O) groups excluding carboxylic acids is 2. The standard InChI is InChI=1S/C19H20N2O5/c1-25-18(23)13-10-6-7-11-14-16(15(13)19(24)26-2)17(22)21(20-14)12-8-4-3-5-9-12/h3-5,8-9,20H,6-7,10-11H2,1-2H3. The van der Waals surface area contributed by atoms with Crippen LogP contribution >= 0.6 is 0 Å². The number of H-pyrrole nitrogens is 1. The van der Waals surface area contributed by atoms with E-state index in [0.717, 1.165) is 6.42 Å². The van der Waals surface area contributed by atoms with Gasteiger partial charge in [0.2, 0.25) is 0 Å². The van der Waals surface area contributed by atoms with Crippen LogP contribution < -0.4 is 5.56 Å². The largest absolute Gasteiger partial charge is 0.466 e. The number of aromatic nitrogens is 2. The minimum Gasteiger partial charge on any atom is -0.466 e. The fourth-order valence-electron chi connectivity index (χ4n) is 3.21. The summed E-state index contributed by atoms with van der Waals surface area (Å²) in [6, 6.07) is 9.05. The van der Waals surface area contributed by atoms with Crippen LogP contribution in [0.25, 0.3) is 11.3 Å². The molecule has 1 N–H and O–H groups in total. The summed E-state index contributed by atoms with van der Waals surface area (Å²) in [6.07, 6.45) is 2.42. The molecule has 3 rings (SSSR count). The van der Waals surface area contributed by atoms with Crippen LogP contribution in [0.5, 0.6) is 0 Å². The van der Waals surface area contributed by atoms with Gasteiger partial charge in [-0.3, -0.25) is 9.89 Å². The van der Waals surface area contributed by atoms with E-state index < -0.39 is 17.5 Å². The maximum atomic E-state index is 13.1. The highest BCUT2D eigenvalue weighted by Crippen LogP contribution is 2.29. The predicted octanol–water partition coefficient (Wildman–Crippen LogP) is 1.99. The van der Waals surface area contributed by atoms with Gasteiger partial charge in [-0.2, -0.15) is 0 Å². The molecule has 7 heteroatoms. The smallest absolute Gasteiger partial charge is 0.339 e. The summed E-state index contributed by atoms with van der Waals surface area (Å²) in [4.78, 5) is 37.8. The highest BCUT2D eigenvalue weighted by atomic mass is 16.5. The Labute approximate surface area is 150 Å². The summed E-state index contributed by atoms with van der Waals surface area (Å²) in [7, 11) is 2.48. The van der Waals surface area contributed by atoms with Crippen LogP contribution in [0, 0.1) is 0 Å². The molecule has 26 heavy (non-hydrogen) atoms. The van der Waals surface area contributed by atoms with E-state index in [-0.39, 0.29) is 16.7 Å². The Balaban J connectivity index is 2.30. The van der Waals surface area contributed by atoms with E-state index in [9.17, 15) is 14.4 Å². The second kappa shape index (κ2) is 7.43. The number of nitrogens with zero attached hydrogens (tertiary/aromatic N) is 1. The van der Waals surface area contributed by atoms with Crippen LogP contribution in [0.4, 0.5) is 0 Å². The second-order valence-corrected chi connectivity index (χ2v) is 5.99. The first-order valence-electron chi connectivity index (χ1n) is 8.38. The summed E-state index contributed by atoms with van der Waals surface area (Å²) in [6.45, 7) is 0. The van der Waals surface area contributed by atoms with Crippen molar-refractivity contribution in [2.45, 2.75) is 25.7 Å². The Morgan fingerprint density at radius 1 is 1.00 bits per heavy atom. The predicted molar refractivity (Wildman–Crippen MR) is 94.9 cm³/mol. The number of esters is 2. The lowest BCUT2D eigenvalue weighted by Crippen LogP contribution is -2.23. The molecule has 1 heterocycles. The van der Waals surface area contributed by atoms with Crippen LogP contribution in [0.1, 0.15) is 30.5 Å². The van der Waals surface area contributed by atoms with Crippen molar-refractivity contribution in [3.05, 3.63) is 57.5 Å². The molecule has 2 aromatic rings. The van der Waals surface area contributed by atoms with Gasteiger partial charge in [0.25, 0.3) is 5.56 Å². The number of hydrogen-bond donors (Lipinski definition) is 1. The molecule has 0 unspecified atom stereocenters. The zero-order valence-corrected chi connectivity index (χ0v) is 14.7. The zero-order chi connectivity index (χ0) is 18.7. The molecule has 0 spiro atoms. The van der Waals surface area contributed by atoms with E-state index in [2.05, 4.69) is 5.10 Å². The van der Waals surface area contributed by atoms with E-state index in [4.69, 9.17) is 9.47 Å². The first kappa shape index (κ1) is 17.7. The maximum absolute atomic E-state index is 13.1. The van der Waals surface area contributed by atoms with Gasteiger partial charge in [-0.15, -0.1) is 0 Å². The Kier molecular flexibility index (Phi) is 5.06. The number of hydrogen-bond acceptors (Lipinski definition) is 5. The van der Waals surface area contributed by atoms with Gasteiger partial charge >= 0.3 is 11.9 Å². The third kappa shape index (κ3) is 3.08. The van der Waals surface area contributed by atoms with Gasteiger partial charge in [0.05, 0.1) is 36.6 Å². The maximum Gasteiger partial charge on any atom is 0.339 e. The highest BCUT2D eigenvalue weighted by Gasteiger charge is 2.31. The molecule has 0 atom stereocenters. The fraction of sp³-hybridized carbons (Fsp3) is 0.316. The van der Waals surface area contributed by atoms with Gasteiger partial charge in [0.1, 0.15) is 0 Å². The summed E-state index contributed by atoms with van der Waals surface area (Å²) < 4.78 is 11.1. The highest BCUT2D eigenvalue weighted by molar-refractivity contribution is 6.23. The van der Waals surface area contributed by atoms with Crippen LogP contribution in [-0.4, -0.2) is 35.9 Å². The topological polar surface area (TPSA) is 90.4 Å². The van der Waals surface area contributed by atoms with Gasteiger partial charge in [-0.25, -0.2) is 14.3 Å². The lowest BCUT2D eigenvalue weighted by molar-refractivity contribution is -0.138. The molecule has 136 valence electrons. The van der Waals surface area contributed by atoms with Crippen molar-refractivity contribution < 1.29 is 19.1 Å². The number of fused-ring (bicyclic) bond motifs is 1. The molecular formula is C19H20N2O5. The van der Waals surface area contributed by atoms with Crippen molar-refractivity contribution in [1.29, 1.82) is 0 Å². The lowest BCUT2D eigenvalue weighted by Gasteiger charge is -2.15. The molecule has 7 nitrogen and oxygen atoms in total. The molecule has 0 amide bonds. The second-order valence-electron chi connectivity index (χ2n) is 5.99. The molecule has 0 aliphatic heterocycles. The van der Waals surface area contributed by atoms with Crippen molar-refractivity contribution >= 4 is 17.5 Å². The van der Waals surface area contributed by atoms with Gasteiger partial charge in [-0.1, -0.05) is 18.2 Å². The molecule has 1 aliphatic rings. The number of carbonyl (C=O) groups is 2. The Morgan fingerprint density at radius 2 is 1.65 bits per heavy atom. The molecule has 1 aromatic carbocycles. The summed E-state index contributed by atoms with van der Waals surface area (Å²) in [5.41, 5.74) is 1.21. The average molecular weight is 356 g/mol. The third-order valence-electron chi connectivity index (χ3n) is 4.46. The first-order valence-corrected chi connectivity index (χ1v) is 8.38. The number of rotatable bonds is 3. The quantitative estimate of drug-likeness (QED) is 0.850. The van der Waals surface area contributed by atoms with Crippen LogP contribution in [0.15, 0.2) is 40.7 Å². The first-order chi connectivity index (χ1) is 12.6. The van der Waals surface area contributed by atoms with Crippen molar-refractivity contribution in [2.75, 3.05) is 14.2 Å². The molecule has 0 saturated heterocycles. The summed E-state index contributed by atoms with van der Waals surface area (Å²) in [5.74, 6) is -1.34. The van der Waals surface area contributed by atoms with Crippen LogP contribution in [0.2, 0.25) is 0 Å². The molecule has 0 bridgehead atoms. The monoisotopic (exact) mass is 356 g/mol. The number of methoxy groups -OCH3 is 2. The number of ether oxygens (including phenoxy) is 2. The van der Waals surface area contributed by atoms with E-state index in [1.807, 2.05) is 18.2 Å². The van der Waals surface area contributed by atoms with Crippen LogP contribution in [0.3, 0.4) is 0 Å². The molecule has 1 aromatic heterocycles. The van der Waals surface area contributed by atoms with Gasteiger partial charge in [0.15, 0.2) is 0 Å². The molecular weight excluding hydrogens is 336 g/mol. The Morgan fingerprint density at radius 3 is 2.31 bits per heavy atom. The number of nitrogens with one attached hydrogen (secondary N) is 1. The Bertz CT molecular complexity index is 921. The molecule has 0 saturated carbocycles. The third-order valence-corrected chi connectivity index (χ3v) is 4.46. The van der Waals surface area contributed by atoms with E-state index >= 15 is 0 Å². The number of benzene rings is 1. The summed E-state index contributed by atoms with van der Waals surface area (Å²) in [5, 5.41) is 3.08. The van der Waals surface area contributed by atoms with Crippen molar-refractivity contribution in [2.24, 2.45) is 0 Å². The van der Waals surface area contributed by atoms with E-state index in [1.54, 1.807) is 12.1 Å². The Hall–Kier alpha value is -3.09. The normalized spacial score (nSPS) is 14.2. The van der Waals surface area contributed by atoms with Crippen molar-refractivity contribution in [3.63, 3.8) is 0 Å². The average Bonchev–Trinajstić information content (AvgIpc) is 2.97. The molecule has 0 radical (unpaired) electrons. The molecule has 1 aliphatic carbocycles. The van der Waals surface area contributed by atoms with Gasteiger partial charge in [0, 0.05) is 5.69 Å². The van der Waals surface area contributed by atoms with Crippen molar-refractivity contribution in [1.82, 2.24) is 9.78 Å². The van der Waals surface area contributed by atoms with Crippen molar-refractivity contribution in [3.8, 4) is 5.69 Å². The lowest BCUT2D eigenvalue weighted by atomic mass is 9.91. The number of para-hydroxylation sites is 1. The van der Waals surface area contributed by atoms with Gasteiger partial charge < -0.3 is 9.47 Å².